The maximum atomic E-state index is 11.8. The highest BCUT2D eigenvalue weighted by molar-refractivity contribution is 5.80. The van der Waals surface area contributed by atoms with Crippen molar-refractivity contribution in [2.75, 3.05) is 24.6 Å². The third kappa shape index (κ3) is 3.77. The van der Waals surface area contributed by atoms with Crippen molar-refractivity contribution >= 4 is 23.3 Å². The Hall–Kier alpha value is -2.64. The molecule has 1 aliphatic rings. The number of esters is 1. The fourth-order valence-corrected chi connectivity index (χ4v) is 2.79. The summed E-state index contributed by atoms with van der Waals surface area (Å²) in [6, 6.07) is 4.55. The quantitative estimate of drug-likeness (QED) is 0.464. The number of nitro groups is 1. The first-order valence-electron chi connectivity index (χ1n) is 7.33. The maximum Gasteiger partial charge on any atom is 0.325 e. The van der Waals surface area contributed by atoms with Crippen LogP contribution in [-0.2, 0) is 14.3 Å². The van der Waals surface area contributed by atoms with Crippen molar-refractivity contribution < 1.29 is 24.4 Å². The lowest BCUT2D eigenvalue weighted by Crippen LogP contribution is -2.30. The van der Waals surface area contributed by atoms with Crippen molar-refractivity contribution in [2.45, 2.75) is 25.7 Å². The Morgan fingerprint density at radius 2 is 2.22 bits per heavy atom. The summed E-state index contributed by atoms with van der Waals surface area (Å²) in [6.45, 7) is 2.38. The zero-order chi connectivity index (χ0) is 17.0. The number of hydrogen-bond acceptors (Lipinski definition) is 6. The molecule has 124 valence electrons. The lowest BCUT2D eigenvalue weighted by Gasteiger charge is -2.18. The predicted molar refractivity (Wildman–Crippen MR) is 81.6 cm³/mol. The van der Waals surface area contributed by atoms with Gasteiger partial charge in [0, 0.05) is 24.2 Å². The Labute approximate surface area is 132 Å². The van der Waals surface area contributed by atoms with Crippen LogP contribution >= 0.6 is 0 Å². The molecule has 1 aliphatic heterocycles. The highest BCUT2D eigenvalue weighted by Gasteiger charge is 2.37. The first-order chi connectivity index (χ1) is 10.9. The van der Waals surface area contributed by atoms with Gasteiger partial charge in [0.05, 0.1) is 23.5 Å². The SMILES string of the molecule is CCCOC(=O)CN1CC(CC(=O)O)c2c1cccc2[N+](=O)[O-]. The van der Waals surface area contributed by atoms with E-state index >= 15 is 0 Å². The summed E-state index contributed by atoms with van der Waals surface area (Å²) in [6.07, 6.45) is 0.480. The largest absolute Gasteiger partial charge is 0.481 e. The molecule has 1 aromatic carbocycles. The molecule has 8 nitrogen and oxygen atoms in total. The number of benzene rings is 1. The third-order valence-electron chi connectivity index (χ3n) is 3.65. The summed E-state index contributed by atoms with van der Waals surface area (Å²) >= 11 is 0. The van der Waals surface area contributed by atoms with Gasteiger partial charge in [0.15, 0.2) is 0 Å². The van der Waals surface area contributed by atoms with Crippen molar-refractivity contribution in [2.24, 2.45) is 0 Å². The highest BCUT2D eigenvalue weighted by atomic mass is 16.6. The minimum atomic E-state index is -1.03. The molecule has 1 heterocycles. The van der Waals surface area contributed by atoms with Crippen LogP contribution in [0.25, 0.3) is 0 Å². The van der Waals surface area contributed by atoms with Crippen LogP contribution < -0.4 is 4.90 Å². The Morgan fingerprint density at radius 3 is 2.83 bits per heavy atom. The second kappa shape index (κ2) is 7.08. The van der Waals surface area contributed by atoms with Crippen LogP contribution in [0.1, 0.15) is 31.2 Å². The first-order valence-corrected chi connectivity index (χ1v) is 7.33. The van der Waals surface area contributed by atoms with Crippen LogP contribution in [-0.4, -0.2) is 41.7 Å². The van der Waals surface area contributed by atoms with Gasteiger partial charge >= 0.3 is 11.9 Å². The van der Waals surface area contributed by atoms with Gasteiger partial charge in [0.25, 0.3) is 5.69 Å². The van der Waals surface area contributed by atoms with Crippen molar-refractivity contribution in [3.05, 3.63) is 33.9 Å². The zero-order valence-electron chi connectivity index (χ0n) is 12.7. The van der Waals surface area contributed by atoms with Crippen LogP contribution in [0.5, 0.6) is 0 Å². The van der Waals surface area contributed by atoms with Crippen LogP contribution in [0.2, 0.25) is 0 Å². The molecule has 8 heteroatoms. The number of carbonyl (C=O) groups excluding carboxylic acids is 1. The number of anilines is 1. The number of fused-ring (bicyclic) bond motifs is 1. The number of rotatable bonds is 7. The van der Waals surface area contributed by atoms with E-state index in [2.05, 4.69) is 0 Å². The van der Waals surface area contributed by atoms with Gasteiger partial charge in [0.2, 0.25) is 0 Å². The van der Waals surface area contributed by atoms with E-state index < -0.39 is 22.8 Å². The number of hydrogen-bond donors (Lipinski definition) is 1. The molecular weight excluding hydrogens is 304 g/mol. The van der Waals surface area contributed by atoms with Gasteiger partial charge in [-0.3, -0.25) is 19.7 Å². The Morgan fingerprint density at radius 1 is 1.48 bits per heavy atom. The van der Waals surface area contributed by atoms with Crippen molar-refractivity contribution in [3.8, 4) is 0 Å². The number of nitrogens with zero attached hydrogens (tertiary/aromatic N) is 2. The smallest absolute Gasteiger partial charge is 0.325 e. The Kier molecular flexibility index (Phi) is 5.15. The summed E-state index contributed by atoms with van der Waals surface area (Å²) in [4.78, 5) is 35.2. The molecule has 0 aromatic heterocycles. The van der Waals surface area contributed by atoms with E-state index in [-0.39, 0.29) is 25.2 Å². The number of aliphatic carboxylic acids is 1. The van der Waals surface area contributed by atoms with E-state index in [4.69, 9.17) is 9.84 Å². The number of nitro benzene ring substituents is 1. The monoisotopic (exact) mass is 322 g/mol. The average Bonchev–Trinajstić information content (AvgIpc) is 2.82. The molecule has 1 aromatic rings. The molecule has 0 amide bonds. The van der Waals surface area contributed by atoms with E-state index in [0.29, 0.717) is 24.3 Å². The molecule has 0 radical (unpaired) electrons. The Bertz CT molecular complexity index is 630. The lowest BCUT2D eigenvalue weighted by molar-refractivity contribution is -0.385. The molecule has 1 unspecified atom stereocenters. The van der Waals surface area contributed by atoms with E-state index in [9.17, 15) is 19.7 Å². The molecule has 2 rings (SSSR count). The normalized spacial score (nSPS) is 16.0. The number of carboxylic acid groups (broad SMARTS) is 1. The molecule has 0 spiro atoms. The van der Waals surface area contributed by atoms with Gasteiger partial charge in [-0.05, 0) is 12.5 Å². The fourth-order valence-electron chi connectivity index (χ4n) is 2.79. The molecule has 0 bridgehead atoms. The summed E-state index contributed by atoms with van der Waals surface area (Å²) in [5, 5.41) is 20.2. The van der Waals surface area contributed by atoms with Gasteiger partial charge in [-0.1, -0.05) is 13.0 Å². The van der Waals surface area contributed by atoms with Gasteiger partial charge < -0.3 is 14.7 Å². The average molecular weight is 322 g/mol. The van der Waals surface area contributed by atoms with E-state index in [1.165, 1.54) is 12.1 Å². The minimum Gasteiger partial charge on any atom is -0.481 e. The molecule has 23 heavy (non-hydrogen) atoms. The van der Waals surface area contributed by atoms with E-state index in [1.807, 2.05) is 6.92 Å². The second-order valence-corrected chi connectivity index (χ2v) is 5.36. The summed E-state index contributed by atoms with van der Waals surface area (Å²) in [5.41, 5.74) is 0.792. The number of ether oxygens (including phenoxy) is 1. The van der Waals surface area contributed by atoms with Gasteiger partial charge in [-0.15, -0.1) is 0 Å². The summed E-state index contributed by atoms with van der Waals surface area (Å²) in [5.74, 6) is -1.99. The highest BCUT2D eigenvalue weighted by Crippen LogP contribution is 2.43. The van der Waals surface area contributed by atoms with Crippen LogP contribution in [0.3, 0.4) is 0 Å². The maximum absolute atomic E-state index is 11.8. The fraction of sp³-hybridized carbons (Fsp3) is 0.467. The standard InChI is InChI=1S/C15H18N2O6/c1-2-6-23-14(20)9-16-8-10(7-13(18)19)15-11(16)4-3-5-12(15)17(21)22/h3-5,10H,2,6-9H2,1H3,(H,18,19). The van der Waals surface area contributed by atoms with Crippen molar-refractivity contribution in [3.63, 3.8) is 0 Å². The van der Waals surface area contributed by atoms with Gasteiger partial charge in [0.1, 0.15) is 6.54 Å². The topological polar surface area (TPSA) is 110 Å². The second-order valence-electron chi connectivity index (χ2n) is 5.36. The van der Waals surface area contributed by atoms with E-state index in [1.54, 1.807) is 11.0 Å². The molecule has 0 aliphatic carbocycles. The summed E-state index contributed by atoms with van der Waals surface area (Å²) in [7, 11) is 0. The van der Waals surface area contributed by atoms with Gasteiger partial charge in [-0.2, -0.15) is 0 Å². The minimum absolute atomic E-state index is 0.0513. The lowest BCUT2D eigenvalue weighted by atomic mass is 9.96. The molecule has 0 fully saturated rings. The number of carbonyl (C=O) groups is 2. The van der Waals surface area contributed by atoms with Crippen molar-refractivity contribution in [1.82, 2.24) is 0 Å². The first kappa shape index (κ1) is 16.7. The van der Waals surface area contributed by atoms with Crippen LogP contribution in [0, 0.1) is 10.1 Å². The molecule has 0 saturated carbocycles. The van der Waals surface area contributed by atoms with Crippen LogP contribution in [0.15, 0.2) is 18.2 Å². The molecule has 1 N–H and O–H groups in total. The number of carboxylic acids is 1. The summed E-state index contributed by atoms with van der Waals surface area (Å²) < 4.78 is 5.03. The molecule has 1 atom stereocenters. The zero-order valence-corrected chi connectivity index (χ0v) is 12.7. The van der Waals surface area contributed by atoms with Crippen molar-refractivity contribution in [1.29, 1.82) is 0 Å². The molecular formula is C15H18N2O6. The van der Waals surface area contributed by atoms with Crippen LogP contribution in [0.4, 0.5) is 11.4 Å². The predicted octanol–water partition coefficient (Wildman–Crippen LogP) is 1.93. The van der Waals surface area contributed by atoms with E-state index in [0.717, 1.165) is 0 Å². The third-order valence-corrected chi connectivity index (χ3v) is 3.65. The molecule has 0 saturated heterocycles. The van der Waals surface area contributed by atoms with Gasteiger partial charge in [-0.25, -0.2) is 0 Å². The Balaban J connectivity index is 2.29.